The normalized spacial score (nSPS) is 16.6. The first kappa shape index (κ1) is 16.3. The number of nitrogens with zero attached hydrogens (tertiary/aromatic N) is 2. The van der Waals surface area contributed by atoms with Crippen molar-refractivity contribution in [3.63, 3.8) is 0 Å². The molecule has 1 fully saturated rings. The molecule has 0 saturated carbocycles. The van der Waals surface area contributed by atoms with Crippen LogP contribution in [-0.2, 0) is 10.0 Å². The van der Waals surface area contributed by atoms with Crippen LogP contribution in [0.15, 0.2) is 23.1 Å². The minimum Gasteiger partial charge on any atom is -0.496 e. The Balaban J connectivity index is 2.07. The molecule has 1 aliphatic rings. The Morgan fingerprint density at radius 1 is 1.29 bits per heavy atom. The van der Waals surface area contributed by atoms with Crippen LogP contribution in [0.3, 0.4) is 0 Å². The van der Waals surface area contributed by atoms with Crippen LogP contribution < -0.4 is 4.74 Å². The Labute approximate surface area is 127 Å². The maximum absolute atomic E-state index is 12.6. The number of hydrogen-bond donors (Lipinski definition) is 0. The highest BCUT2D eigenvalue weighted by Crippen LogP contribution is 2.23. The van der Waals surface area contributed by atoms with Crippen LogP contribution in [0.25, 0.3) is 0 Å². The fraction of sp³-hybridized carbons (Fsp3) is 0.600. The first-order chi connectivity index (χ1) is 9.95. The van der Waals surface area contributed by atoms with Crippen LogP contribution in [0.2, 0.25) is 0 Å². The topological polar surface area (TPSA) is 49.9 Å². The molecule has 5 nitrogen and oxygen atoms in total. The Hall–Kier alpha value is -1.11. The van der Waals surface area contributed by atoms with Crippen molar-refractivity contribution in [1.82, 2.24) is 9.21 Å². The molecule has 0 N–H and O–H groups in total. The second-order valence-corrected chi connectivity index (χ2v) is 7.55. The Morgan fingerprint density at radius 2 is 1.95 bits per heavy atom. The van der Waals surface area contributed by atoms with Gasteiger partial charge in [-0.15, -0.1) is 0 Å². The van der Waals surface area contributed by atoms with Gasteiger partial charge in [0.1, 0.15) is 5.75 Å². The van der Waals surface area contributed by atoms with Crippen LogP contribution in [0, 0.1) is 6.92 Å². The maximum Gasteiger partial charge on any atom is 0.242 e. The lowest BCUT2D eigenvalue weighted by Crippen LogP contribution is -2.35. The van der Waals surface area contributed by atoms with Crippen molar-refractivity contribution in [1.29, 1.82) is 0 Å². The molecule has 0 aliphatic carbocycles. The van der Waals surface area contributed by atoms with Gasteiger partial charge in [0.15, 0.2) is 0 Å². The summed E-state index contributed by atoms with van der Waals surface area (Å²) in [7, 11) is -0.201. The van der Waals surface area contributed by atoms with Gasteiger partial charge in [0.25, 0.3) is 0 Å². The predicted octanol–water partition coefficient (Wildman–Crippen LogP) is 1.72. The molecule has 2 rings (SSSR count). The number of likely N-dealkylation sites (tertiary alicyclic amines) is 1. The van der Waals surface area contributed by atoms with Gasteiger partial charge in [0.05, 0.1) is 12.0 Å². The minimum absolute atomic E-state index is 0.324. The van der Waals surface area contributed by atoms with Crippen molar-refractivity contribution in [2.45, 2.75) is 24.7 Å². The van der Waals surface area contributed by atoms with E-state index in [1.54, 1.807) is 32.4 Å². The predicted molar refractivity (Wildman–Crippen MR) is 83.2 cm³/mol. The third-order valence-corrected chi connectivity index (χ3v) is 5.86. The number of likely N-dealkylation sites (N-methyl/N-ethyl adjacent to an activating group) is 1. The lowest BCUT2D eigenvalue weighted by molar-refractivity contribution is 0.310. The molecule has 0 aromatic heterocycles. The van der Waals surface area contributed by atoms with Crippen LogP contribution in [0.1, 0.15) is 18.4 Å². The van der Waals surface area contributed by atoms with Gasteiger partial charge in [-0.3, -0.25) is 0 Å². The quantitative estimate of drug-likeness (QED) is 0.802. The average molecular weight is 312 g/mol. The number of benzene rings is 1. The maximum atomic E-state index is 12.6. The molecule has 0 atom stereocenters. The number of rotatable bonds is 6. The summed E-state index contributed by atoms with van der Waals surface area (Å²) in [4.78, 5) is 2.63. The van der Waals surface area contributed by atoms with Crippen molar-refractivity contribution < 1.29 is 13.2 Å². The van der Waals surface area contributed by atoms with Gasteiger partial charge in [0.2, 0.25) is 10.0 Å². The summed E-state index contributed by atoms with van der Waals surface area (Å²) in [5.41, 5.74) is 0.825. The van der Waals surface area contributed by atoms with Crippen molar-refractivity contribution in [2.24, 2.45) is 0 Å². The zero-order chi connectivity index (χ0) is 15.5. The summed E-state index contributed by atoms with van der Waals surface area (Å²) >= 11 is 0. The summed E-state index contributed by atoms with van der Waals surface area (Å²) < 4.78 is 31.7. The molecular formula is C15H24N2O3S. The van der Waals surface area contributed by atoms with E-state index in [0.717, 1.165) is 25.2 Å². The van der Waals surface area contributed by atoms with Gasteiger partial charge < -0.3 is 9.64 Å². The molecule has 1 aromatic carbocycles. The van der Waals surface area contributed by atoms with Gasteiger partial charge in [0, 0.05) is 20.1 Å². The fourth-order valence-corrected chi connectivity index (χ4v) is 3.85. The first-order valence-electron chi connectivity index (χ1n) is 7.28. The number of ether oxygens (including phenoxy) is 1. The lowest BCUT2D eigenvalue weighted by atomic mass is 10.2. The molecule has 21 heavy (non-hydrogen) atoms. The largest absolute Gasteiger partial charge is 0.496 e. The van der Waals surface area contributed by atoms with Crippen LogP contribution in [-0.4, -0.2) is 58.0 Å². The highest BCUT2D eigenvalue weighted by atomic mass is 32.2. The summed E-state index contributed by atoms with van der Waals surface area (Å²) in [6.07, 6.45) is 2.43. The van der Waals surface area contributed by atoms with Crippen LogP contribution in [0.5, 0.6) is 5.75 Å². The van der Waals surface area contributed by atoms with Gasteiger partial charge in [-0.05, 0) is 56.6 Å². The third kappa shape index (κ3) is 3.75. The molecule has 1 aliphatic heterocycles. The standard InChI is InChI=1S/C15H24N2O3S/c1-13-12-14(6-7-15(13)20-3)21(18,19)16(2)10-11-17-8-4-5-9-17/h6-7,12H,4-5,8-11H2,1-3H3. The molecule has 0 spiro atoms. The molecule has 118 valence electrons. The minimum atomic E-state index is -3.43. The molecule has 6 heteroatoms. The van der Waals surface area contributed by atoms with E-state index in [-0.39, 0.29) is 0 Å². The molecule has 1 saturated heterocycles. The number of methoxy groups -OCH3 is 1. The van der Waals surface area contributed by atoms with Crippen molar-refractivity contribution in [3.8, 4) is 5.75 Å². The van der Waals surface area contributed by atoms with E-state index < -0.39 is 10.0 Å². The van der Waals surface area contributed by atoms with Crippen molar-refractivity contribution in [3.05, 3.63) is 23.8 Å². The van der Waals surface area contributed by atoms with Crippen molar-refractivity contribution in [2.75, 3.05) is 40.3 Å². The molecule has 0 unspecified atom stereocenters. The summed E-state index contributed by atoms with van der Waals surface area (Å²) in [5, 5.41) is 0. The molecule has 0 radical (unpaired) electrons. The molecule has 1 aromatic rings. The van der Waals surface area contributed by atoms with Crippen molar-refractivity contribution >= 4 is 10.0 Å². The molecule has 0 amide bonds. The van der Waals surface area contributed by atoms with Gasteiger partial charge >= 0.3 is 0 Å². The molecule has 0 bridgehead atoms. The van der Waals surface area contributed by atoms with Gasteiger partial charge in [-0.1, -0.05) is 0 Å². The van der Waals surface area contributed by atoms with Gasteiger partial charge in [-0.25, -0.2) is 8.42 Å². The SMILES string of the molecule is COc1ccc(S(=O)(=O)N(C)CCN2CCCC2)cc1C. The lowest BCUT2D eigenvalue weighted by Gasteiger charge is -2.21. The van der Waals surface area contributed by atoms with Gasteiger partial charge in [-0.2, -0.15) is 4.31 Å². The van der Waals surface area contributed by atoms with E-state index in [9.17, 15) is 8.42 Å². The Morgan fingerprint density at radius 3 is 2.52 bits per heavy atom. The summed E-state index contributed by atoms with van der Waals surface area (Å²) in [6.45, 7) is 5.32. The van der Waals surface area contributed by atoms with Crippen LogP contribution >= 0.6 is 0 Å². The molecular weight excluding hydrogens is 288 g/mol. The second-order valence-electron chi connectivity index (χ2n) is 5.51. The Kier molecular flexibility index (Phi) is 5.24. The van der Waals surface area contributed by atoms with E-state index in [2.05, 4.69) is 4.90 Å². The highest BCUT2D eigenvalue weighted by molar-refractivity contribution is 7.89. The number of hydrogen-bond acceptors (Lipinski definition) is 4. The van der Waals surface area contributed by atoms with Crippen LogP contribution in [0.4, 0.5) is 0 Å². The zero-order valence-corrected chi connectivity index (χ0v) is 13.8. The van der Waals surface area contributed by atoms with E-state index in [0.29, 0.717) is 17.2 Å². The smallest absolute Gasteiger partial charge is 0.242 e. The third-order valence-electron chi connectivity index (χ3n) is 4.00. The molecule has 1 heterocycles. The first-order valence-corrected chi connectivity index (χ1v) is 8.72. The zero-order valence-electron chi connectivity index (χ0n) is 13.0. The number of aryl methyl sites for hydroxylation is 1. The van der Waals surface area contributed by atoms with E-state index in [4.69, 9.17) is 4.74 Å². The Bertz CT molecular complexity index is 581. The fourth-order valence-electron chi connectivity index (χ4n) is 2.60. The second kappa shape index (κ2) is 6.77. The summed E-state index contributed by atoms with van der Waals surface area (Å²) in [6, 6.07) is 4.98. The van der Waals surface area contributed by atoms with E-state index in [1.165, 1.54) is 17.1 Å². The van der Waals surface area contributed by atoms with E-state index >= 15 is 0 Å². The highest BCUT2D eigenvalue weighted by Gasteiger charge is 2.22. The summed E-state index contributed by atoms with van der Waals surface area (Å²) in [5.74, 6) is 0.702. The number of sulfonamides is 1. The monoisotopic (exact) mass is 312 g/mol. The van der Waals surface area contributed by atoms with E-state index in [1.807, 2.05) is 6.92 Å². The average Bonchev–Trinajstić information content (AvgIpc) is 2.97.